The topological polar surface area (TPSA) is 54.3 Å². The molecule has 1 heterocycles. The predicted molar refractivity (Wildman–Crippen MR) is 80.9 cm³/mol. The van der Waals surface area contributed by atoms with Gasteiger partial charge in [0, 0.05) is 11.4 Å². The second-order valence-electron chi connectivity index (χ2n) is 5.06. The van der Waals surface area contributed by atoms with E-state index in [2.05, 4.69) is 18.3 Å². The van der Waals surface area contributed by atoms with Gasteiger partial charge in [0.15, 0.2) is 5.79 Å². The van der Waals surface area contributed by atoms with Gasteiger partial charge in [-0.3, -0.25) is 0 Å². The van der Waals surface area contributed by atoms with Crippen LogP contribution in [0.2, 0.25) is 0 Å². The molecule has 0 saturated carbocycles. The number of nitrogens with one attached hydrogen (secondary N) is 1. The molecular formula is C15H20N2O2S. The first kappa shape index (κ1) is 15.2. The van der Waals surface area contributed by atoms with Crippen LogP contribution in [0.15, 0.2) is 23.1 Å². The molecule has 4 nitrogen and oxygen atoms in total. The van der Waals surface area contributed by atoms with E-state index in [9.17, 15) is 5.26 Å². The van der Waals surface area contributed by atoms with Gasteiger partial charge < -0.3 is 14.8 Å². The Kier molecular flexibility index (Phi) is 4.92. The van der Waals surface area contributed by atoms with Crippen molar-refractivity contribution in [2.75, 3.05) is 24.2 Å². The summed E-state index contributed by atoms with van der Waals surface area (Å²) in [6, 6.07) is 8.17. The number of rotatable bonds is 5. The van der Waals surface area contributed by atoms with Crippen LogP contribution in [0.5, 0.6) is 0 Å². The molecule has 1 fully saturated rings. The quantitative estimate of drug-likeness (QED) is 0.844. The molecule has 1 N–H and O–H groups in total. The van der Waals surface area contributed by atoms with Gasteiger partial charge >= 0.3 is 0 Å². The highest BCUT2D eigenvalue weighted by molar-refractivity contribution is 7.99. The Labute approximate surface area is 124 Å². The standard InChI is InChI=1S/C15H20N2O2S/c1-4-20-14-7-5-6-13(12(14)8-16)17-9-11-10-18-15(2,3)19-11/h5-7,11,17H,4,9-10H2,1-3H3. The number of hydrogen-bond donors (Lipinski definition) is 1. The lowest BCUT2D eigenvalue weighted by molar-refractivity contribution is -0.136. The first-order valence-electron chi connectivity index (χ1n) is 6.77. The van der Waals surface area contributed by atoms with E-state index in [1.807, 2.05) is 32.0 Å². The van der Waals surface area contributed by atoms with Gasteiger partial charge in [-0.05, 0) is 31.7 Å². The maximum atomic E-state index is 9.34. The van der Waals surface area contributed by atoms with Gasteiger partial charge in [0.05, 0.1) is 17.9 Å². The van der Waals surface area contributed by atoms with Crippen molar-refractivity contribution in [2.24, 2.45) is 0 Å². The average molecular weight is 292 g/mol. The molecule has 1 unspecified atom stereocenters. The Hall–Kier alpha value is -1.22. The van der Waals surface area contributed by atoms with Gasteiger partial charge in [-0.25, -0.2) is 0 Å². The summed E-state index contributed by atoms with van der Waals surface area (Å²) in [6.07, 6.45) is 0.0130. The van der Waals surface area contributed by atoms with E-state index >= 15 is 0 Å². The molecule has 1 aromatic carbocycles. The van der Waals surface area contributed by atoms with Gasteiger partial charge in [0.1, 0.15) is 12.2 Å². The van der Waals surface area contributed by atoms with Crippen LogP contribution in [0, 0.1) is 11.3 Å². The van der Waals surface area contributed by atoms with Gasteiger partial charge in [-0.1, -0.05) is 13.0 Å². The SMILES string of the molecule is CCSc1cccc(NCC2COC(C)(C)O2)c1C#N. The maximum Gasteiger partial charge on any atom is 0.163 e. The second kappa shape index (κ2) is 6.49. The van der Waals surface area contributed by atoms with Crippen molar-refractivity contribution in [3.63, 3.8) is 0 Å². The molecule has 1 aliphatic heterocycles. The first-order chi connectivity index (χ1) is 9.55. The van der Waals surface area contributed by atoms with Crippen LogP contribution in [-0.4, -0.2) is 30.8 Å². The minimum Gasteiger partial charge on any atom is -0.381 e. The number of hydrogen-bond acceptors (Lipinski definition) is 5. The fourth-order valence-corrected chi connectivity index (χ4v) is 2.94. The third kappa shape index (κ3) is 3.66. The van der Waals surface area contributed by atoms with Crippen LogP contribution in [0.3, 0.4) is 0 Å². The molecule has 0 spiro atoms. The Bertz CT molecular complexity index is 511. The molecule has 108 valence electrons. The number of nitriles is 1. The van der Waals surface area contributed by atoms with Gasteiger partial charge in [-0.2, -0.15) is 5.26 Å². The van der Waals surface area contributed by atoms with E-state index < -0.39 is 5.79 Å². The van der Waals surface area contributed by atoms with Crippen LogP contribution in [0.1, 0.15) is 26.3 Å². The lowest BCUT2D eigenvalue weighted by Crippen LogP contribution is -2.26. The van der Waals surface area contributed by atoms with Crippen molar-refractivity contribution in [1.29, 1.82) is 5.26 Å². The average Bonchev–Trinajstić information content (AvgIpc) is 2.76. The molecule has 1 saturated heterocycles. The molecule has 20 heavy (non-hydrogen) atoms. The molecule has 1 aliphatic rings. The van der Waals surface area contributed by atoms with Gasteiger partial charge in [-0.15, -0.1) is 11.8 Å². The Morgan fingerprint density at radius 2 is 2.30 bits per heavy atom. The summed E-state index contributed by atoms with van der Waals surface area (Å²) >= 11 is 1.68. The highest BCUT2D eigenvalue weighted by atomic mass is 32.2. The van der Waals surface area contributed by atoms with Crippen LogP contribution in [0.4, 0.5) is 5.69 Å². The van der Waals surface area contributed by atoms with Crippen molar-refractivity contribution in [3.8, 4) is 6.07 Å². The van der Waals surface area contributed by atoms with E-state index in [-0.39, 0.29) is 6.10 Å². The zero-order chi connectivity index (χ0) is 14.6. The smallest absolute Gasteiger partial charge is 0.163 e. The van der Waals surface area contributed by atoms with Crippen LogP contribution >= 0.6 is 11.8 Å². The zero-order valence-electron chi connectivity index (χ0n) is 12.1. The monoisotopic (exact) mass is 292 g/mol. The van der Waals surface area contributed by atoms with Crippen molar-refractivity contribution in [2.45, 2.75) is 37.6 Å². The predicted octanol–water partition coefficient (Wildman–Crippen LogP) is 3.23. The normalized spacial score (nSPS) is 20.6. The van der Waals surface area contributed by atoms with Crippen molar-refractivity contribution in [3.05, 3.63) is 23.8 Å². The number of thioether (sulfide) groups is 1. The molecule has 1 aromatic rings. The Balaban J connectivity index is 2.03. The number of nitrogens with zero attached hydrogens (tertiary/aromatic N) is 1. The van der Waals surface area contributed by atoms with Gasteiger partial charge in [0.2, 0.25) is 0 Å². The summed E-state index contributed by atoms with van der Waals surface area (Å²) in [5.74, 6) is 0.441. The molecule has 0 aromatic heterocycles. The van der Waals surface area contributed by atoms with Crippen LogP contribution in [-0.2, 0) is 9.47 Å². The Morgan fingerprint density at radius 1 is 1.50 bits per heavy atom. The minimum absolute atomic E-state index is 0.0130. The van der Waals surface area contributed by atoms with E-state index in [0.29, 0.717) is 18.7 Å². The second-order valence-corrected chi connectivity index (χ2v) is 6.36. The highest BCUT2D eigenvalue weighted by Gasteiger charge is 2.32. The van der Waals surface area contributed by atoms with E-state index in [1.165, 1.54) is 0 Å². The fourth-order valence-electron chi connectivity index (χ4n) is 2.16. The lowest BCUT2D eigenvalue weighted by atomic mass is 10.2. The molecule has 1 atom stereocenters. The summed E-state index contributed by atoms with van der Waals surface area (Å²) in [4.78, 5) is 1.02. The van der Waals surface area contributed by atoms with Crippen molar-refractivity contribution in [1.82, 2.24) is 0 Å². The molecule has 0 bridgehead atoms. The highest BCUT2D eigenvalue weighted by Crippen LogP contribution is 2.28. The largest absolute Gasteiger partial charge is 0.381 e. The van der Waals surface area contributed by atoms with Crippen LogP contribution < -0.4 is 5.32 Å². The summed E-state index contributed by atoms with van der Waals surface area (Å²) in [7, 11) is 0. The molecule has 0 amide bonds. The minimum atomic E-state index is -0.510. The molecule has 2 rings (SSSR count). The summed E-state index contributed by atoms with van der Waals surface area (Å²) < 4.78 is 11.3. The summed E-state index contributed by atoms with van der Waals surface area (Å²) in [6.45, 7) is 7.11. The maximum absolute atomic E-state index is 9.34. The molecule has 0 radical (unpaired) electrons. The zero-order valence-corrected chi connectivity index (χ0v) is 12.9. The third-order valence-corrected chi connectivity index (χ3v) is 3.97. The summed E-state index contributed by atoms with van der Waals surface area (Å²) in [5.41, 5.74) is 1.57. The van der Waals surface area contributed by atoms with Crippen molar-refractivity contribution < 1.29 is 9.47 Å². The summed E-state index contributed by atoms with van der Waals surface area (Å²) in [5, 5.41) is 12.6. The molecular weight excluding hydrogens is 272 g/mol. The van der Waals surface area contributed by atoms with Gasteiger partial charge in [0.25, 0.3) is 0 Å². The van der Waals surface area contributed by atoms with Crippen molar-refractivity contribution >= 4 is 17.4 Å². The van der Waals surface area contributed by atoms with Crippen LogP contribution in [0.25, 0.3) is 0 Å². The number of ether oxygens (including phenoxy) is 2. The number of anilines is 1. The van der Waals surface area contributed by atoms with E-state index in [0.717, 1.165) is 16.3 Å². The first-order valence-corrected chi connectivity index (χ1v) is 7.76. The third-order valence-electron chi connectivity index (χ3n) is 3.03. The molecule has 0 aliphatic carbocycles. The molecule has 5 heteroatoms. The Morgan fingerprint density at radius 3 is 2.90 bits per heavy atom. The van der Waals surface area contributed by atoms with E-state index in [4.69, 9.17) is 9.47 Å². The lowest BCUT2D eigenvalue weighted by Gasteiger charge is -2.18. The fraction of sp³-hybridized carbons (Fsp3) is 0.533. The van der Waals surface area contributed by atoms with E-state index in [1.54, 1.807) is 11.8 Å². The number of benzene rings is 1.